The summed E-state index contributed by atoms with van der Waals surface area (Å²) in [6.07, 6.45) is 0.654. The number of hydrogen-bond donors (Lipinski definition) is 0. The van der Waals surface area contributed by atoms with Gasteiger partial charge in [0.25, 0.3) is 0 Å². The molecule has 1 aliphatic heterocycles. The van der Waals surface area contributed by atoms with E-state index in [1.165, 1.54) is 48.8 Å². The molecule has 2 heteroatoms. The van der Waals surface area contributed by atoms with Crippen molar-refractivity contribution in [3.05, 3.63) is 78.9 Å². The lowest BCUT2D eigenvalue weighted by Crippen LogP contribution is -2.19. The summed E-state index contributed by atoms with van der Waals surface area (Å²) < 4.78 is 0. The van der Waals surface area contributed by atoms with Crippen LogP contribution in [0.5, 0.6) is 0 Å². The van der Waals surface area contributed by atoms with Crippen molar-refractivity contribution in [1.29, 1.82) is 0 Å². The normalized spacial score (nSPS) is 14.7. The molecule has 0 N–H and O–H groups in total. The maximum absolute atomic E-state index is 11.8. The first kappa shape index (κ1) is 15.6. The van der Waals surface area contributed by atoms with E-state index in [1.54, 1.807) is 0 Å². The molecule has 5 aromatic rings. The molecule has 0 atom stereocenters. The van der Waals surface area contributed by atoms with Gasteiger partial charge in [-0.3, -0.25) is 4.79 Å². The number of carbonyl (C=O) groups is 1. The summed E-state index contributed by atoms with van der Waals surface area (Å²) in [5, 5.41) is 10.0. The molecule has 28 heavy (non-hydrogen) atoms. The molecule has 1 fully saturated rings. The molecule has 0 aromatic heterocycles. The van der Waals surface area contributed by atoms with Gasteiger partial charge in [-0.15, -0.1) is 0 Å². The highest BCUT2D eigenvalue weighted by atomic mass is 16.1. The van der Waals surface area contributed by atoms with Crippen LogP contribution in [0.25, 0.3) is 43.1 Å². The molecule has 1 heterocycles. The molecule has 134 valence electrons. The number of Topliss-reactive ketones (excluding diaryl/α,β-unsaturated/α-hetero) is 1. The van der Waals surface area contributed by atoms with Gasteiger partial charge < -0.3 is 4.90 Å². The van der Waals surface area contributed by atoms with Gasteiger partial charge in [0.2, 0.25) is 0 Å². The van der Waals surface area contributed by atoms with Crippen molar-refractivity contribution in [1.82, 2.24) is 0 Å². The molecule has 6 rings (SSSR count). The Kier molecular flexibility index (Phi) is 3.24. The molecular formula is C26H19NO. The zero-order chi connectivity index (χ0) is 18.7. The lowest BCUT2D eigenvalue weighted by atomic mass is 9.97. The van der Waals surface area contributed by atoms with E-state index in [9.17, 15) is 4.79 Å². The molecule has 0 bridgehead atoms. The predicted octanol–water partition coefficient (Wildman–Crippen LogP) is 6.08. The highest BCUT2D eigenvalue weighted by Gasteiger charge is 2.21. The standard InChI is InChI=1S/C26H19NO/c28-24-8-9-27(16-24)26-7-3-6-19-12-22-13-20-10-17-4-1-2-5-18(17)11-21(20)14-23(22)15-25(19)26/h1-7,10-15H,8-9,16H2. The van der Waals surface area contributed by atoms with E-state index in [0.29, 0.717) is 18.7 Å². The number of carbonyl (C=O) groups excluding carboxylic acids is 1. The minimum atomic E-state index is 0.329. The zero-order valence-electron chi connectivity index (χ0n) is 15.5. The number of anilines is 1. The van der Waals surface area contributed by atoms with E-state index >= 15 is 0 Å². The molecule has 0 saturated carbocycles. The smallest absolute Gasteiger partial charge is 0.153 e. The molecule has 2 nitrogen and oxygen atoms in total. The van der Waals surface area contributed by atoms with Crippen LogP contribution in [-0.2, 0) is 4.79 Å². The quantitative estimate of drug-likeness (QED) is 0.337. The van der Waals surface area contributed by atoms with Crippen LogP contribution < -0.4 is 4.90 Å². The van der Waals surface area contributed by atoms with Crippen molar-refractivity contribution >= 4 is 54.6 Å². The fraction of sp³-hybridized carbons (Fsp3) is 0.115. The number of benzene rings is 5. The van der Waals surface area contributed by atoms with Gasteiger partial charge in [-0.05, 0) is 80.2 Å². The lowest BCUT2D eigenvalue weighted by Gasteiger charge is -2.19. The van der Waals surface area contributed by atoms with Crippen LogP contribution in [0.4, 0.5) is 5.69 Å². The first-order valence-electron chi connectivity index (χ1n) is 9.80. The Morgan fingerprint density at radius 2 is 1.18 bits per heavy atom. The van der Waals surface area contributed by atoms with Crippen LogP contribution in [-0.4, -0.2) is 18.9 Å². The second kappa shape index (κ2) is 5.80. The summed E-state index contributed by atoms with van der Waals surface area (Å²) in [4.78, 5) is 14.0. The van der Waals surface area contributed by atoms with Crippen molar-refractivity contribution in [2.45, 2.75) is 6.42 Å². The van der Waals surface area contributed by atoms with E-state index in [0.717, 1.165) is 6.54 Å². The van der Waals surface area contributed by atoms with E-state index in [4.69, 9.17) is 0 Å². The first-order valence-corrected chi connectivity index (χ1v) is 9.80. The monoisotopic (exact) mass is 361 g/mol. The van der Waals surface area contributed by atoms with Gasteiger partial charge in [0.1, 0.15) is 0 Å². The van der Waals surface area contributed by atoms with Gasteiger partial charge in [0.05, 0.1) is 6.54 Å². The number of rotatable bonds is 1. The van der Waals surface area contributed by atoms with Crippen molar-refractivity contribution in [2.75, 3.05) is 18.0 Å². The minimum absolute atomic E-state index is 0.329. The minimum Gasteiger partial charge on any atom is -0.363 e. The average molecular weight is 361 g/mol. The van der Waals surface area contributed by atoms with E-state index in [-0.39, 0.29) is 0 Å². The van der Waals surface area contributed by atoms with Crippen LogP contribution in [0.3, 0.4) is 0 Å². The second-order valence-corrected chi connectivity index (χ2v) is 7.81. The molecular weight excluding hydrogens is 342 g/mol. The van der Waals surface area contributed by atoms with Gasteiger partial charge in [0.15, 0.2) is 5.78 Å². The molecule has 1 aliphatic rings. The molecule has 0 amide bonds. The van der Waals surface area contributed by atoms with Crippen LogP contribution in [0.2, 0.25) is 0 Å². The van der Waals surface area contributed by atoms with E-state index < -0.39 is 0 Å². The van der Waals surface area contributed by atoms with Crippen molar-refractivity contribution in [2.24, 2.45) is 0 Å². The largest absolute Gasteiger partial charge is 0.363 e. The highest BCUT2D eigenvalue weighted by Crippen LogP contribution is 2.34. The molecule has 0 radical (unpaired) electrons. The number of hydrogen-bond acceptors (Lipinski definition) is 2. The van der Waals surface area contributed by atoms with Crippen LogP contribution in [0, 0.1) is 0 Å². The van der Waals surface area contributed by atoms with E-state index in [1.807, 2.05) is 0 Å². The number of fused-ring (bicyclic) bond motifs is 4. The van der Waals surface area contributed by atoms with Crippen molar-refractivity contribution < 1.29 is 4.79 Å². The lowest BCUT2D eigenvalue weighted by molar-refractivity contribution is -0.116. The molecule has 0 unspecified atom stereocenters. The Morgan fingerprint density at radius 3 is 1.82 bits per heavy atom. The highest BCUT2D eigenvalue weighted by molar-refractivity contribution is 6.10. The van der Waals surface area contributed by atoms with Crippen molar-refractivity contribution in [3.8, 4) is 0 Å². The molecule has 0 spiro atoms. The maximum Gasteiger partial charge on any atom is 0.153 e. The fourth-order valence-electron chi connectivity index (χ4n) is 4.57. The SMILES string of the molecule is O=C1CCN(c2cccc3cc4cc5cc6ccccc6cc5cc4cc23)C1. The summed E-state index contributed by atoms with van der Waals surface area (Å²) in [7, 11) is 0. The Labute approximate surface area is 163 Å². The van der Waals surface area contributed by atoms with Gasteiger partial charge in [-0.2, -0.15) is 0 Å². The van der Waals surface area contributed by atoms with Gasteiger partial charge in [-0.1, -0.05) is 36.4 Å². The maximum atomic E-state index is 11.8. The third-order valence-corrected chi connectivity index (χ3v) is 6.00. The first-order chi connectivity index (χ1) is 13.7. The zero-order valence-corrected chi connectivity index (χ0v) is 15.5. The van der Waals surface area contributed by atoms with E-state index in [2.05, 4.69) is 83.8 Å². The van der Waals surface area contributed by atoms with Crippen molar-refractivity contribution in [3.63, 3.8) is 0 Å². The topological polar surface area (TPSA) is 20.3 Å². The summed E-state index contributed by atoms with van der Waals surface area (Å²) in [5.74, 6) is 0.329. The average Bonchev–Trinajstić information content (AvgIpc) is 3.14. The van der Waals surface area contributed by atoms with Gasteiger partial charge in [0, 0.05) is 24.0 Å². The second-order valence-electron chi connectivity index (χ2n) is 7.81. The summed E-state index contributed by atoms with van der Waals surface area (Å²) in [6, 6.07) is 28.6. The summed E-state index contributed by atoms with van der Waals surface area (Å²) in [6.45, 7) is 1.35. The summed E-state index contributed by atoms with van der Waals surface area (Å²) >= 11 is 0. The fourth-order valence-corrected chi connectivity index (χ4v) is 4.57. The molecule has 0 aliphatic carbocycles. The Bertz CT molecular complexity index is 1420. The van der Waals surface area contributed by atoms with Crippen LogP contribution in [0.15, 0.2) is 78.9 Å². The molecule has 5 aromatic carbocycles. The van der Waals surface area contributed by atoms with Gasteiger partial charge in [-0.25, -0.2) is 0 Å². The Morgan fingerprint density at radius 1 is 0.607 bits per heavy atom. The van der Waals surface area contributed by atoms with Crippen LogP contribution in [0.1, 0.15) is 6.42 Å². The number of nitrogens with zero attached hydrogens (tertiary/aromatic N) is 1. The Balaban J connectivity index is 1.62. The third-order valence-electron chi connectivity index (χ3n) is 6.00. The van der Waals surface area contributed by atoms with Crippen LogP contribution >= 0.6 is 0 Å². The molecule has 1 saturated heterocycles. The third kappa shape index (κ3) is 2.38. The summed E-state index contributed by atoms with van der Waals surface area (Å²) in [5.41, 5.74) is 1.17. The predicted molar refractivity (Wildman–Crippen MR) is 118 cm³/mol. The number of ketones is 1. The Hall–Kier alpha value is -3.39. The van der Waals surface area contributed by atoms with Gasteiger partial charge >= 0.3 is 0 Å².